The van der Waals surface area contributed by atoms with Crippen LogP contribution in [-0.2, 0) is 4.79 Å². The molecule has 23 heavy (non-hydrogen) atoms. The number of aromatic nitrogens is 4. The Balaban J connectivity index is 0.00000192. The van der Waals surface area contributed by atoms with Crippen LogP contribution in [0, 0.1) is 12.3 Å². The number of tetrazole rings is 1. The first-order chi connectivity index (χ1) is 10.6. The molecular weight excluding hydrogens is 316 g/mol. The van der Waals surface area contributed by atoms with E-state index in [2.05, 4.69) is 26.2 Å². The number of aryl methyl sites for hydroxylation is 1. The van der Waals surface area contributed by atoms with E-state index in [4.69, 9.17) is 0 Å². The summed E-state index contributed by atoms with van der Waals surface area (Å²) < 4.78 is 1.64. The lowest BCUT2D eigenvalue weighted by Crippen LogP contribution is -2.46. The number of anilines is 1. The Bertz CT molecular complexity index is 680. The minimum absolute atomic E-state index is 0. The van der Waals surface area contributed by atoms with E-state index in [0.717, 1.165) is 30.8 Å². The van der Waals surface area contributed by atoms with Gasteiger partial charge in [-0.05, 0) is 61.9 Å². The molecule has 1 aliphatic rings. The van der Waals surface area contributed by atoms with Crippen molar-refractivity contribution in [2.24, 2.45) is 5.41 Å². The summed E-state index contributed by atoms with van der Waals surface area (Å²) in [4.78, 5) is 12.6. The summed E-state index contributed by atoms with van der Waals surface area (Å²) in [6.45, 7) is 5.53. The predicted molar refractivity (Wildman–Crippen MR) is 90.0 cm³/mol. The van der Waals surface area contributed by atoms with Gasteiger partial charge in [0.25, 0.3) is 0 Å². The maximum atomic E-state index is 12.6. The molecule has 0 saturated carbocycles. The molecule has 0 bridgehead atoms. The van der Waals surface area contributed by atoms with E-state index in [9.17, 15) is 4.79 Å². The second kappa shape index (κ2) is 7.06. The number of benzene rings is 1. The number of nitrogens with one attached hydrogen (secondary N) is 2. The van der Waals surface area contributed by atoms with Gasteiger partial charge in [-0.25, -0.2) is 0 Å². The van der Waals surface area contributed by atoms with Crippen LogP contribution < -0.4 is 10.6 Å². The number of halogens is 1. The molecule has 0 aliphatic carbocycles. The van der Waals surface area contributed by atoms with Crippen molar-refractivity contribution in [3.63, 3.8) is 0 Å². The minimum Gasteiger partial charge on any atom is -0.326 e. The lowest BCUT2D eigenvalue weighted by Gasteiger charge is -2.32. The van der Waals surface area contributed by atoms with E-state index >= 15 is 0 Å². The van der Waals surface area contributed by atoms with Crippen molar-refractivity contribution in [2.75, 3.05) is 18.4 Å². The maximum Gasteiger partial charge on any atom is 0.231 e. The van der Waals surface area contributed by atoms with Gasteiger partial charge in [0.15, 0.2) is 5.82 Å². The van der Waals surface area contributed by atoms with Crippen molar-refractivity contribution in [1.82, 2.24) is 25.5 Å². The molecule has 0 radical (unpaired) electrons. The van der Waals surface area contributed by atoms with Crippen molar-refractivity contribution in [3.05, 3.63) is 30.1 Å². The van der Waals surface area contributed by atoms with Gasteiger partial charge in [0, 0.05) is 12.2 Å². The molecule has 0 spiro atoms. The van der Waals surface area contributed by atoms with Gasteiger partial charge in [-0.2, -0.15) is 4.68 Å². The molecule has 2 N–H and O–H groups in total. The summed E-state index contributed by atoms with van der Waals surface area (Å²) in [5, 5.41) is 17.8. The third-order valence-electron chi connectivity index (χ3n) is 4.12. The highest BCUT2D eigenvalue weighted by Gasteiger charge is 2.34. The molecule has 1 fully saturated rings. The molecular formula is C15H21ClN6O. The Morgan fingerprint density at radius 3 is 2.91 bits per heavy atom. The van der Waals surface area contributed by atoms with Crippen LogP contribution >= 0.6 is 12.4 Å². The van der Waals surface area contributed by atoms with Crippen molar-refractivity contribution < 1.29 is 4.79 Å². The topological polar surface area (TPSA) is 84.7 Å². The van der Waals surface area contributed by atoms with E-state index in [1.807, 2.05) is 38.1 Å². The Kier molecular flexibility index (Phi) is 5.33. The van der Waals surface area contributed by atoms with Crippen molar-refractivity contribution in [3.8, 4) is 5.69 Å². The first kappa shape index (κ1) is 17.4. The Hall–Kier alpha value is -1.99. The number of rotatable bonds is 3. The van der Waals surface area contributed by atoms with Crippen LogP contribution in [0.2, 0.25) is 0 Å². The summed E-state index contributed by atoms with van der Waals surface area (Å²) in [6.07, 6.45) is 1.92. The molecule has 2 heterocycles. The number of amides is 1. The first-order valence-corrected chi connectivity index (χ1v) is 7.46. The predicted octanol–water partition coefficient (Wildman–Crippen LogP) is 1.72. The van der Waals surface area contributed by atoms with Gasteiger partial charge in [0.2, 0.25) is 5.91 Å². The Labute approximate surface area is 141 Å². The molecule has 124 valence electrons. The number of carbonyl (C=O) groups is 1. The zero-order chi connectivity index (χ0) is 15.6. The van der Waals surface area contributed by atoms with Crippen molar-refractivity contribution >= 4 is 24.0 Å². The van der Waals surface area contributed by atoms with Crippen molar-refractivity contribution in [2.45, 2.75) is 26.7 Å². The van der Waals surface area contributed by atoms with E-state index in [-0.39, 0.29) is 23.7 Å². The molecule has 1 aromatic heterocycles. The summed E-state index contributed by atoms with van der Waals surface area (Å²) >= 11 is 0. The van der Waals surface area contributed by atoms with Gasteiger partial charge in [-0.3, -0.25) is 4.79 Å². The monoisotopic (exact) mass is 336 g/mol. The number of hydrogen-bond acceptors (Lipinski definition) is 5. The second-order valence-corrected chi connectivity index (χ2v) is 5.98. The quantitative estimate of drug-likeness (QED) is 0.891. The largest absolute Gasteiger partial charge is 0.326 e. The average molecular weight is 337 g/mol. The lowest BCUT2D eigenvalue weighted by molar-refractivity contribution is -0.125. The van der Waals surface area contributed by atoms with Crippen molar-refractivity contribution in [1.29, 1.82) is 0 Å². The normalized spacial score (nSPS) is 20.6. The van der Waals surface area contributed by atoms with Gasteiger partial charge >= 0.3 is 0 Å². The molecule has 1 amide bonds. The fourth-order valence-corrected chi connectivity index (χ4v) is 2.72. The third kappa shape index (κ3) is 3.68. The molecule has 1 unspecified atom stereocenters. The molecule has 2 aromatic rings. The summed E-state index contributed by atoms with van der Waals surface area (Å²) in [5.41, 5.74) is 1.22. The fourth-order valence-electron chi connectivity index (χ4n) is 2.72. The van der Waals surface area contributed by atoms with Crippen LogP contribution in [0.1, 0.15) is 25.6 Å². The molecule has 1 saturated heterocycles. The Morgan fingerprint density at radius 2 is 2.26 bits per heavy atom. The number of nitrogens with zero attached hydrogens (tertiary/aromatic N) is 4. The van der Waals surface area contributed by atoms with Crippen LogP contribution in [0.3, 0.4) is 0 Å². The third-order valence-corrected chi connectivity index (χ3v) is 4.12. The van der Waals surface area contributed by atoms with Gasteiger partial charge in [0.05, 0.1) is 11.1 Å². The molecule has 1 aromatic carbocycles. The van der Waals surface area contributed by atoms with Crippen LogP contribution in [0.4, 0.5) is 5.69 Å². The highest BCUT2D eigenvalue weighted by molar-refractivity contribution is 5.95. The molecule has 7 nitrogen and oxygen atoms in total. The summed E-state index contributed by atoms with van der Waals surface area (Å²) in [6, 6.07) is 7.54. The van der Waals surface area contributed by atoms with Crippen LogP contribution in [-0.4, -0.2) is 39.2 Å². The smallest absolute Gasteiger partial charge is 0.231 e. The minimum atomic E-state index is -0.362. The van der Waals surface area contributed by atoms with Crippen LogP contribution in [0.25, 0.3) is 5.69 Å². The van der Waals surface area contributed by atoms with E-state index in [1.165, 1.54) is 0 Å². The molecule has 8 heteroatoms. The second-order valence-electron chi connectivity index (χ2n) is 5.98. The maximum absolute atomic E-state index is 12.6. The average Bonchev–Trinajstić information content (AvgIpc) is 2.94. The van der Waals surface area contributed by atoms with Gasteiger partial charge in [-0.15, -0.1) is 17.5 Å². The Morgan fingerprint density at radius 1 is 1.43 bits per heavy atom. The van der Waals surface area contributed by atoms with Crippen LogP contribution in [0.5, 0.6) is 0 Å². The van der Waals surface area contributed by atoms with E-state index < -0.39 is 0 Å². The lowest BCUT2D eigenvalue weighted by atomic mass is 9.82. The number of piperidine rings is 1. The molecule has 1 atom stereocenters. The molecule has 3 rings (SSSR count). The standard InChI is InChI=1S/C15H20N6O.ClH/c1-11-18-19-20-21(11)13-6-3-5-12(9-13)17-14(22)15(2)7-4-8-16-10-15;/h3,5-6,9,16H,4,7-8,10H2,1-2H3,(H,17,22);1H. The first-order valence-electron chi connectivity index (χ1n) is 7.46. The SMILES string of the molecule is Cc1nnnn1-c1cccc(NC(=O)C2(C)CCCNC2)c1.Cl. The highest BCUT2D eigenvalue weighted by Crippen LogP contribution is 2.27. The van der Waals surface area contributed by atoms with E-state index in [0.29, 0.717) is 12.4 Å². The summed E-state index contributed by atoms with van der Waals surface area (Å²) in [7, 11) is 0. The fraction of sp³-hybridized carbons (Fsp3) is 0.467. The molecule has 1 aliphatic heterocycles. The van der Waals surface area contributed by atoms with Crippen LogP contribution in [0.15, 0.2) is 24.3 Å². The zero-order valence-corrected chi connectivity index (χ0v) is 14.1. The highest BCUT2D eigenvalue weighted by atomic mass is 35.5. The zero-order valence-electron chi connectivity index (χ0n) is 13.2. The van der Waals surface area contributed by atoms with Gasteiger partial charge in [0.1, 0.15) is 0 Å². The summed E-state index contributed by atoms with van der Waals surface area (Å²) in [5.74, 6) is 0.747. The number of carbonyl (C=O) groups excluding carboxylic acids is 1. The van der Waals surface area contributed by atoms with E-state index in [1.54, 1.807) is 4.68 Å². The number of hydrogen-bond donors (Lipinski definition) is 2. The van der Waals surface area contributed by atoms with Gasteiger partial charge in [-0.1, -0.05) is 6.07 Å². The van der Waals surface area contributed by atoms with Gasteiger partial charge < -0.3 is 10.6 Å².